The molecular weight excluding hydrogens is 184 g/mol. The molecule has 14 heavy (non-hydrogen) atoms. The van der Waals surface area contributed by atoms with E-state index >= 15 is 0 Å². The topological polar surface area (TPSA) is 67.4 Å². The molecule has 0 aliphatic carbocycles. The second-order valence-electron chi connectivity index (χ2n) is 4.38. The normalized spacial score (nSPS) is 27.4. The van der Waals surface area contributed by atoms with E-state index in [0.717, 1.165) is 0 Å². The summed E-state index contributed by atoms with van der Waals surface area (Å²) in [4.78, 5) is 22.4. The maximum atomic E-state index is 11.5. The third-order valence-electron chi connectivity index (χ3n) is 2.45. The molecule has 80 valence electrons. The van der Waals surface area contributed by atoms with E-state index in [2.05, 4.69) is 10.6 Å². The van der Waals surface area contributed by atoms with Gasteiger partial charge in [-0.25, -0.2) is 4.79 Å². The maximum absolute atomic E-state index is 11.5. The summed E-state index contributed by atoms with van der Waals surface area (Å²) < 4.78 is 5.22. The summed E-state index contributed by atoms with van der Waals surface area (Å²) in [6.07, 6.45) is 0.439. The van der Waals surface area contributed by atoms with Gasteiger partial charge in [-0.1, -0.05) is 0 Å². The zero-order valence-electron chi connectivity index (χ0n) is 8.93. The van der Waals surface area contributed by atoms with Gasteiger partial charge in [0.1, 0.15) is 5.54 Å². The number of rotatable bonds is 3. The largest absolute Gasteiger partial charge is 0.379 e. The minimum Gasteiger partial charge on any atom is -0.379 e. The molecule has 5 nitrogen and oxygen atoms in total. The van der Waals surface area contributed by atoms with Crippen molar-refractivity contribution in [3.05, 3.63) is 0 Å². The Morgan fingerprint density at radius 1 is 1.43 bits per heavy atom. The third-order valence-corrected chi connectivity index (χ3v) is 2.45. The Balaban J connectivity index is 2.77. The van der Waals surface area contributed by atoms with Crippen LogP contribution in [0.15, 0.2) is 0 Å². The van der Waals surface area contributed by atoms with Crippen molar-refractivity contribution in [3.63, 3.8) is 0 Å². The Hall–Kier alpha value is -1.10. The molecule has 1 rings (SSSR count). The third kappa shape index (κ3) is 2.04. The molecule has 1 aliphatic rings. The van der Waals surface area contributed by atoms with Crippen LogP contribution in [0.25, 0.3) is 0 Å². The molecule has 0 aromatic carbocycles. The fourth-order valence-electron chi connectivity index (χ4n) is 1.63. The van der Waals surface area contributed by atoms with Gasteiger partial charge < -0.3 is 10.1 Å². The van der Waals surface area contributed by atoms with E-state index in [1.807, 2.05) is 13.8 Å². The highest BCUT2D eigenvalue weighted by molar-refractivity contribution is 6.06. The molecule has 1 heterocycles. The van der Waals surface area contributed by atoms with Crippen LogP contribution in [0.1, 0.15) is 27.2 Å². The molecule has 0 spiro atoms. The van der Waals surface area contributed by atoms with Crippen molar-refractivity contribution in [3.8, 4) is 0 Å². The lowest BCUT2D eigenvalue weighted by molar-refractivity contribution is -0.126. The Morgan fingerprint density at radius 3 is 2.36 bits per heavy atom. The fourth-order valence-corrected chi connectivity index (χ4v) is 1.63. The second-order valence-corrected chi connectivity index (χ2v) is 4.38. The van der Waals surface area contributed by atoms with Gasteiger partial charge in [-0.3, -0.25) is 10.1 Å². The first-order valence-electron chi connectivity index (χ1n) is 4.48. The molecule has 0 radical (unpaired) electrons. The first-order chi connectivity index (χ1) is 6.29. The van der Waals surface area contributed by atoms with Crippen molar-refractivity contribution in [1.29, 1.82) is 0 Å². The van der Waals surface area contributed by atoms with Gasteiger partial charge in [0, 0.05) is 13.5 Å². The van der Waals surface area contributed by atoms with Crippen molar-refractivity contribution in [2.45, 2.75) is 38.3 Å². The molecule has 1 saturated heterocycles. The molecule has 5 heteroatoms. The average Bonchev–Trinajstić information content (AvgIpc) is 2.24. The molecule has 2 N–H and O–H groups in total. The van der Waals surface area contributed by atoms with Crippen molar-refractivity contribution in [2.75, 3.05) is 7.11 Å². The monoisotopic (exact) mass is 200 g/mol. The van der Waals surface area contributed by atoms with Crippen LogP contribution >= 0.6 is 0 Å². The standard InChI is InChI=1S/C9H16N2O3/c1-8(2,14-4)5-9(3)6(12)10-7(13)11-9/h5H2,1-4H3,(H2,10,11,12,13). The van der Waals surface area contributed by atoms with Gasteiger partial charge in [0.05, 0.1) is 5.60 Å². The van der Waals surface area contributed by atoms with Crippen molar-refractivity contribution < 1.29 is 14.3 Å². The number of carbonyl (C=O) groups excluding carboxylic acids is 2. The van der Waals surface area contributed by atoms with Crippen molar-refractivity contribution in [2.24, 2.45) is 0 Å². The molecule has 0 bridgehead atoms. The van der Waals surface area contributed by atoms with Crippen LogP contribution in [0.3, 0.4) is 0 Å². The quantitative estimate of drug-likeness (QED) is 0.648. The van der Waals surface area contributed by atoms with Gasteiger partial charge in [0.2, 0.25) is 0 Å². The van der Waals surface area contributed by atoms with E-state index < -0.39 is 17.2 Å². The summed E-state index contributed by atoms with van der Waals surface area (Å²) in [5.41, 5.74) is -1.31. The Bertz CT molecular complexity index is 275. The summed E-state index contributed by atoms with van der Waals surface area (Å²) in [7, 11) is 1.58. The number of imide groups is 1. The van der Waals surface area contributed by atoms with Crippen LogP contribution in [0.5, 0.6) is 0 Å². The second kappa shape index (κ2) is 3.24. The zero-order chi connectivity index (χ0) is 11.0. The number of ether oxygens (including phenoxy) is 1. The van der Waals surface area contributed by atoms with E-state index in [1.165, 1.54) is 0 Å². The van der Waals surface area contributed by atoms with Gasteiger partial charge >= 0.3 is 6.03 Å². The van der Waals surface area contributed by atoms with Gasteiger partial charge in [0.15, 0.2) is 0 Å². The van der Waals surface area contributed by atoms with E-state index in [-0.39, 0.29) is 5.91 Å². The molecule has 3 amide bonds. The number of amides is 3. The predicted molar refractivity (Wildman–Crippen MR) is 50.8 cm³/mol. The highest BCUT2D eigenvalue weighted by Crippen LogP contribution is 2.25. The number of hydrogen-bond donors (Lipinski definition) is 2. The first kappa shape index (κ1) is 11.0. The van der Waals surface area contributed by atoms with E-state index in [0.29, 0.717) is 6.42 Å². The smallest absolute Gasteiger partial charge is 0.322 e. The SMILES string of the molecule is COC(C)(C)CC1(C)NC(=O)NC1=O. The summed E-state index contributed by atoms with van der Waals surface area (Å²) in [6, 6.07) is -0.440. The Morgan fingerprint density at radius 2 is 2.00 bits per heavy atom. The summed E-state index contributed by atoms with van der Waals surface area (Å²) in [5.74, 6) is -0.298. The zero-order valence-corrected chi connectivity index (χ0v) is 8.93. The van der Waals surface area contributed by atoms with Crippen LogP contribution in [0.2, 0.25) is 0 Å². The van der Waals surface area contributed by atoms with Crippen LogP contribution in [-0.4, -0.2) is 30.2 Å². The van der Waals surface area contributed by atoms with Crippen LogP contribution in [0.4, 0.5) is 4.79 Å². The summed E-state index contributed by atoms with van der Waals surface area (Å²) in [5, 5.41) is 4.80. The summed E-state index contributed by atoms with van der Waals surface area (Å²) >= 11 is 0. The number of carbonyl (C=O) groups is 2. The van der Waals surface area contributed by atoms with E-state index in [4.69, 9.17) is 4.74 Å². The van der Waals surface area contributed by atoms with Gasteiger partial charge in [-0.2, -0.15) is 0 Å². The van der Waals surface area contributed by atoms with Crippen LogP contribution < -0.4 is 10.6 Å². The highest BCUT2D eigenvalue weighted by Gasteiger charge is 2.45. The van der Waals surface area contributed by atoms with Gasteiger partial charge in [-0.05, 0) is 20.8 Å². The average molecular weight is 200 g/mol. The fraction of sp³-hybridized carbons (Fsp3) is 0.778. The van der Waals surface area contributed by atoms with E-state index in [9.17, 15) is 9.59 Å². The Kier molecular flexibility index (Phi) is 2.54. The minimum absolute atomic E-state index is 0.298. The molecule has 0 aromatic rings. The number of hydrogen-bond acceptors (Lipinski definition) is 3. The maximum Gasteiger partial charge on any atom is 0.322 e. The first-order valence-corrected chi connectivity index (χ1v) is 4.48. The van der Waals surface area contributed by atoms with Crippen molar-refractivity contribution in [1.82, 2.24) is 10.6 Å². The lowest BCUT2D eigenvalue weighted by Crippen LogP contribution is -2.49. The molecule has 1 unspecified atom stereocenters. The lowest BCUT2D eigenvalue weighted by Gasteiger charge is -2.31. The molecule has 1 aliphatic heterocycles. The molecule has 1 atom stereocenters. The molecular formula is C9H16N2O3. The summed E-state index contributed by atoms with van der Waals surface area (Å²) in [6.45, 7) is 5.43. The number of urea groups is 1. The molecule has 1 fully saturated rings. The van der Waals surface area contributed by atoms with Crippen LogP contribution in [0, 0.1) is 0 Å². The van der Waals surface area contributed by atoms with Crippen molar-refractivity contribution >= 4 is 11.9 Å². The minimum atomic E-state index is -0.864. The van der Waals surface area contributed by atoms with E-state index in [1.54, 1.807) is 14.0 Å². The lowest BCUT2D eigenvalue weighted by atomic mass is 9.88. The van der Waals surface area contributed by atoms with Gasteiger partial charge in [-0.15, -0.1) is 0 Å². The Labute approximate surface area is 83.2 Å². The van der Waals surface area contributed by atoms with Crippen LogP contribution in [-0.2, 0) is 9.53 Å². The van der Waals surface area contributed by atoms with Gasteiger partial charge in [0.25, 0.3) is 5.91 Å². The molecule has 0 aromatic heterocycles. The number of nitrogens with one attached hydrogen (secondary N) is 2. The number of methoxy groups -OCH3 is 1. The highest BCUT2D eigenvalue weighted by atomic mass is 16.5. The molecule has 0 saturated carbocycles. The predicted octanol–water partition coefficient (Wildman–Crippen LogP) is 0.400.